The van der Waals surface area contributed by atoms with E-state index >= 15 is 0 Å². The number of hydrogen-bond donors (Lipinski definition) is 2. The second kappa shape index (κ2) is 11.3. The molecule has 2 saturated carbocycles. The lowest BCUT2D eigenvalue weighted by Crippen LogP contribution is -2.66. The Kier molecular flexibility index (Phi) is 8.77. The quantitative estimate of drug-likeness (QED) is 0.334. The Morgan fingerprint density at radius 1 is 1.10 bits per heavy atom. The fourth-order valence-electron chi connectivity index (χ4n) is 5.75. The number of nitrogens with one attached hydrogen (secondary N) is 2. The maximum absolute atomic E-state index is 14.3. The number of alkyl carbamates (subject to hydrolysis) is 1. The molecule has 12 heteroatoms. The Bertz CT molecular complexity index is 1230. The Balaban J connectivity index is 1.80. The summed E-state index contributed by atoms with van der Waals surface area (Å²) < 4.78 is 18.3. The molecule has 0 spiro atoms. The lowest BCUT2D eigenvalue weighted by molar-refractivity contribution is -0.172. The van der Waals surface area contributed by atoms with Crippen LogP contribution >= 0.6 is 35.0 Å². The minimum absolute atomic E-state index is 0.0383. The molecule has 1 heterocycles. The summed E-state index contributed by atoms with van der Waals surface area (Å²) in [5, 5.41) is 11.1. The predicted molar refractivity (Wildman–Crippen MR) is 154 cm³/mol. The third-order valence-electron chi connectivity index (χ3n) is 7.05. The van der Waals surface area contributed by atoms with E-state index in [0.717, 1.165) is 5.56 Å². The standard InChI is InChI=1S/C28H38Cl2N4O5S/c1-14(2)18-19-20(18)28(23(35)38-26(3,4)5,33-25(36)39-27(6,7)8)22(21(19)40-24-31-13-32-34-24)37-12-15-9-10-16(29)17(30)11-15/h9-11,13-14,18-22H,12H2,1-8H3,(H,33,36)(H,31,32,34)/t18-,19-,20+,21-,22+,28+/m0/s1. The average molecular weight is 614 g/mol. The molecule has 2 aromatic rings. The van der Waals surface area contributed by atoms with E-state index in [1.54, 1.807) is 53.7 Å². The van der Waals surface area contributed by atoms with Crippen molar-refractivity contribution in [3.63, 3.8) is 0 Å². The van der Waals surface area contributed by atoms with Gasteiger partial charge in [-0.2, -0.15) is 5.10 Å². The van der Waals surface area contributed by atoms with E-state index < -0.39 is 34.9 Å². The van der Waals surface area contributed by atoms with E-state index in [1.165, 1.54) is 18.1 Å². The van der Waals surface area contributed by atoms with E-state index in [-0.39, 0.29) is 35.5 Å². The molecule has 220 valence electrons. The van der Waals surface area contributed by atoms with Crippen LogP contribution in [0.2, 0.25) is 10.0 Å². The highest BCUT2D eigenvalue weighted by Gasteiger charge is 2.79. The Morgan fingerprint density at radius 3 is 2.33 bits per heavy atom. The number of carbonyl (C=O) groups is 2. The van der Waals surface area contributed by atoms with E-state index in [9.17, 15) is 9.59 Å². The third kappa shape index (κ3) is 6.55. The predicted octanol–water partition coefficient (Wildman–Crippen LogP) is 6.29. The zero-order valence-electron chi connectivity index (χ0n) is 24.1. The Labute approximate surface area is 249 Å². The minimum Gasteiger partial charge on any atom is -0.458 e. The molecule has 40 heavy (non-hydrogen) atoms. The van der Waals surface area contributed by atoms with Crippen molar-refractivity contribution < 1.29 is 23.8 Å². The van der Waals surface area contributed by atoms with Gasteiger partial charge < -0.3 is 19.5 Å². The number of benzene rings is 1. The maximum atomic E-state index is 14.3. The highest BCUT2D eigenvalue weighted by atomic mass is 35.5. The molecular formula is C28H38Cl2N4O5S. The van der Waals surface area contributed by atoms with Crippen LogP contribution in [-0.4, -0.2) is 55.3 Å². The molecule has 9 nitrogen and oxygen atoms in total. The molecule has 2 aliphatic carbocycles. The normalized spacial score (nSPS) is 27.8. The van der Waals surface area contributed by atoms with Crippen LogP contribution in [0.25, 0.3) is 0 Å². The first kappa shape index (κ1) is 30.9. The van der Waals surface area contributed by atoms with Crippen LogP contribution in [0.1, 0.15) is 61.0 Å². The zero-order valence-corrected chi connectivity index (χ0v) is 26.4. The van der Waals surface area contributed by atoms with Crippen molar-refractivity contribution in [2.24, 2.45) is 23.7 Å². The van der Waals surface area contributed by atoms with Crippen molar-refractivity contribution in [2.45, 2.75) is 95.2 Å². The van der Waals surface area contributed by atoms with Crippen LogP contribution < -0.4 is 5.32 Å². The van der Waals surface area contributed by atoms with E-state index in [4.69, 9.17) is 37.4 Å². The van der Waals surface area contributed by atoms with Gasteiger partial charge in [0.25, 0.3) is 0 Å². The van der Waals surface area contributed by atoms with Gasteiger partial charge in [0.15, 0.2) is 10.7 Å². The number of fused-ring (bicyclic) bond motifs is 1. The van der Waals surface area contributed by atoms with Gasteiger partial charge in [-0.1, -0.05) is 54.9 Å². The number of thioether (sulfide) groups is 1. The van der Waals surface area contributed by atoms with E-state index in [1.807, 2.05) is 6.07 Å². The first-order chi connectivity index (χ1) is 18.5. The number of aromatic nitrogens is 3. The van der Waals surface area contributed by atoms with Crippen LogP contribution in [0.4, 0.5) is 4.79 Å². The third-order valence-corrected chi connectivity index (χ3v) is 9.05. The molecule has 0 radical (unpaired) electrons. The van der Waals surface area contributed by atoms with E-state index in [2.05, 4.69) is 34.3 Å². The van der Waals surface area contributed by atoms with Gasteiger partial charge in [-0.15, -0.1) is 0 Å². The number of halogens is 2. The fourth-order valence-corrected chi connectivity index (χ4v) is 7.47. The number of aromatic amines is 1. The highest BCUT2D eigenvalue weighted by Crippen LogP contribution is 2.69. The molecule has 2 aliphatic rings. The molecule has 0 saturated heterocycles. The average Bonchev–Trinajstić information content (AvgIpc) is 3.23. The fraction of sp³-hybridized carbons (Fsp3) is 0.643. The van der Waals surface area contributed by atoms with Crippen molar-refractivity contribution in [1.29, 1.82) is 0 Å². The SMILES string of the molecule is CC(C)[C@H]1[C@@H]2[C@H](Sc3ncn[nH]3)[C@@H](OCc3ccc(Cl)c(Cl)c3)[C@@](NC(=O)OC(C)(C)C)(C(=O)OC(C)(C)C)[C@H]12. The molecule has 1 amide bonds. The number of amides is 1. The number of nitrogens with zero attached hydrogens (tertiary/aromatic N) is 2. The first-order valence-electron chi connectivity index (χ1n) is 13.4. The monoisotopic (exact) mass is 612 g/mol. The number of H-pyrrole nitrogens is 1. The highest BCUT2D eigenvalue weighted by molar-refractivity contribution is 7.99. The number of ether oxygens (including phenoxy) is 3. The lowest BCUT2D eigenvalue weighted by atomic mass is 9.84. The summed E-state index contributed by atoms with van der Waals surface area (Å²) in [6, 6.07) is 5.24. The van der Waals surface area contributed by atoms with Gasteiger partial charge in [-0.05, 0) is 77.0 Å². The van der Waals surface area contributed by atoms with Crippen LogP contribution in [-0.2, 0) is 25.6 Å². The Morgan fingerprint density at radius 2 is 1.77 bits per heavy atom. The number of carbonyl (C=O) groups excluding carboxylic acids is 2. The second-order valence-electron chi connectivity index (χ2n) is 12.8. The Hall–Kier alpha value is -2.01. The van der Waals surface area contributed by atoms with Crippen molar-refractivity contribution in [3.05, 3.63) is 40.1 Å². The van der Waals surface area contributed by atoms with Gasteiger partial charge in [0.2, 0.25) is 0 Å². The van der Waals surface area contributed by atoms with Crippen molar-refractivity contribution in [1.82, 2.24) is 20.5 Å². The first-order valence-corrected chi connectivity index (χ1v) is 15.0. The molecule has 0 aliphatic heterocycles. The van der Waals surface area contributed by atoms with Gasteiger partial charge in [0.1, 0.15) is 23.6 Å². The van der Waals surface area contributed by atoms with Crippen LogP contribution in [0, 0.1) is 23.7 Å². The summed E-state index contributed by atoms with van der Waals surface area (Å²) in [6.45, 7) is 15.1. The summed E-state index contributed by atoms with van der Waals surface area (Å²) in [5.41, 5.74) is -2.32. The molecule has 2 N–H and O–H groups in total. The number of esters is 1. The molecule has 6 atom stereocenters. The summed E-state index contributed by atoms with van der Waals surface area (Å²) in [7, 11) is 0. The largest absolute Gasteiger partial charge is 0.458 e. The van der Waals surface area contributed by atoms with Gasteiger partial charge >= 0.3 is 12.1 Å². The van der Waals surface area contributed by atoms with Gasteiger partial charge in [-0.25, -0.2) is 14.6 Å². The zero-order chi connectivity index (χ0) is 29.6. The van der Waals surface area contributed by atoms with Gasteiger partial charge in [0, 0.05) is 11.2 Å². The van der Waals surface area contributed by atoms with Crippen molar-refractivity contribution in [2.75, 3.05) is 0 Å². The molecule has 1 aromatic heterocycles. The van der Waals surface area contributed by atoms with Crippen LogP contribution in [0.5, 0.6) is 0 Å². The van der Waals surface area contributed by atoms with E-state index in [0.29, 0.717) is 15.2 Å². The summed E-state index contributed by atoms with van der Waals surface area (Å²) >= 11 is 13.8. The minimum atomic E-state index is -1.51. The van der Waals surface area contributed by atoms with Gasteiger partial charge in [0.05, 0.1) is 16.7 Å². The van der Waals surface area contributed by atoms with Crippen molar-refractivity contribution in [3.8, 4) is 0 Å². The van der Waals surface area contributed by atoms with Crippen LogP contribution in [0.15, 0.2) is 29.7 Å². The number of hydrogen-bond acceptors (Lipinski definition) is 8. The summed E-state index contributed by atoms with van der Waals surface area (Å²) in [4.78, 5) is 32.0. The summed E-state index contributed by atoms with van der Waals surface area (Å²) in [6.07, 6.45) is -0.0582. The molecule has 0 bridgehead atoms. The smallest absolute Gasteiger partial charge is 0.408 e. The van der Waals surface area contributed by atoms with Gasteiger partial charge in [-0.3, -0.25) is 5.10 Å². The molecule has 1 aromatic carbocycles. The molecule has 2 fully saturated rings. The second-order valence-corrected chi connectivity index (χ2v) is 14.8. The lowest BCUT2D eigenvalue weighted by Gasteiger charge is -2.41. The molecular weight excluding hydrogens is 575 g/mol. The van der Waals surface area contributed by atoms with Crippen molar-refractivity contribution >= 4 is 47.0 Å². The number of rotatable bonds is 8. The maximum Gasteiger partial charge on any atom is 0.408 e. The molecule has 0 unspecified atom stereocenters. The summed E-state index contributed by atoms with van der Waals surface area (Å²) in [5.74, 6) is -0.381. The van der Waals surface area contributed by atoms with Crippen LogP contribution in [0.3, 0.4) is 0 Å². The topological polar surface area (TPSA) is 115 Å². The molecule has 4 rings (SSSR count).